The Morgan fingerprint density at radius 3 is 2.79 bits per heavy atom. The largest absolute Gasteiger partial charge is 0.479 e. The van der Waals surface area contributed by atoms with E-state index in [4.69, 9.17) is 22.0 Å². The first kappa shape index (κ1) is 21.9. The highest BCUT2D eigenvalue weighted by Crippen LogP contribution is 2.14. The van der Waals surface area contributed by atoms with Crippen molar-refractivity contribution in [3.63, 3.8) is 0 Å². The van der Waals surface area contributed by atoms with E-state index in [1.54, 1.807) is 0 Å². The minimum atomic E-state index is -1.39. The van der Waals surface area contributed by atoms with Gasteiger partial charge >= 0.3 is 5.97 Å². The third kappa shape index (κ3) is 6.32. The number of rotatable bonds is 11. The number of amides is 2. The summed E-state index contributed by atoms with van der Waals surface area (Å²) in [5.41, 5.74) is 12.2. The van der Waals surface area contributed by atoms with E-state index in [1.807, 2.05) is 6.08 Å². The average molecular weight is 408 g/mol. The number of tetrazole rings is 1. The molecule has 3 unspecified atom stereocenters. The number of aromatic amines is 1. The fourth-order valence-electron chi connectivity index (χ4n) is 2.77. The van der Waals surface area contributed by atoms with E-state index in [0.29, 0.717) is 6.54 Å². The number of carbonyl (C=O) groups excluding carboxylic acids is 2. The van der Waals surface area contributed by atoms with Crippen LogP contribution in [0.1, 0.15) is 31.1 Å². The number of carbonyl (C=O) groups is 3. The van der Waals surface area contributed by atoms with Gasteiger partial charge in [0.05, 0.1) is 12.1 Å². The van der Waals surface area contributed by atoms with E-state index in [-0.39, 0.29) is 37.5 Å². The van der Waals surface area contributed by atoms with Crippen LogP contribution in [0.4, 0.5) is 0 Å². The van der Waals surface area contributed by atoms with E-state index in [9.17, 15) is 14.4 Å². The molecular weight excluding hydrogens is 384 g/mol. The Morgan fingerprint density at radius 1 is 1.41 bits per heavy atom. The number of carboxylic acids is 1. The molecule has 3 atom stereocenters. The van der Waals surface area contributed by atoms with E-state index in [2.05, 4.69) is 36.6 Å². The highest BCUT2D eigenvalue weighted by Gasteiger charge is 2.26. The van der Waals surface area contributed by atoms with Crippen LogP contribution in [0, 0.1) is 5.41 Å². The Bertz CT molecular complexity index is 778. The molecule has 0 spiro atoms. The summed E-state index contributed by atoms with van der Waals surface area (Å²) in [7, 11) is 0. The second-order valence-corrected chi connectivity index (χ2v) is 6.41. The van der Waals surface area contributed by atoms with Crippen molar-refractivity contribution in [3.8, 4) is 0 Å². The lowest BCUT2D eigenvalue weighted by molar-refractivity contribution is -0.142. The SMILES string of the molecule is N=C(N)C1NCC=C1CC(N)C(=O)NCCCC(=O)NC(C(=O)O)c1nnn[nH]1. The zero-order valence-electron chi connectivity index (χ0n) is 15.5. The summed E-state index contributed by atoms with van der Waals surface area (Å²) < 4.78 is 0. The molecule has 158 valence electrons. The van der Waals surface area contributed by atoms with Crippen LogP contribution in [0.3, 0.4) is 0 Å². The minimum Gasteiger partial charge on any atom is -0.479 e. The van der Waals surface area contributed by atoms with Gasteiger partial charge in [0.15, 0.2) is 11.9 Å². The number of carboxylic acid groups (broad SMARTS) is 1. The fourth-order valence-corrected chi connectivity index (χ4v) is 2.77. The maximum atomic E-state index is 12.1. The number of nitrogens with one attached hydrogen (secondary N) is 5. The maximum Gasteiger partial charge on any atom is 0.334 e. The predicted molar refractivity (Wildman–Crippen MR) is 99.3 cm³/mol. The van der Waals surface area contributed by atoms with Crippen molar-refractivity contribution in [2.75, 3.05) is 13.1 Å². The summed E-state index contributed by atoms with van der Waals surface area (Å²) in [4.78, 5) is 35.2. The third-order valence-electron chi connectivity index (χ3n) is 4.23. The van der Waals surface area contributed by atoms with Crippen molar-refractivity contribution < 1.29 is 19.5 Å². The second-order valence-electron chi connectivity index (χ2n) is 6.41. The molecule has 14 nitrogen and oxygen atoms in total. The molecule has 2 amide bonds. The molecule has 10 N–H and O–H groups in total. The van der Waals surface area contributed by atoms with E-state index in [1.165, 1.54) is 0 Å². The molecule has 0 saturated heterocycles. The monoisotopic (exact) mass is 408 g/mol. The van der Waals surface area contributed by atoms with E-state index in [0.717, 1.165) is 5.57 Å². The lowest BCUT2D eigenvalue weighted by Gasteiger charge is -2.17. The molecule has 0 bridgehead atoms. The molecular formula is C15H24N10O4. The fraction of sp³-hybridized carbons (Fsp3) is 0.533. The number of aliphatic carboxylic acids is 1. The van der Waals surface area contributed by atoms with Crippen molar-refractivity contribution in [3.05, 3.63) is 17.5 Å². The van der Waals surface area contributed by atoms with Gasteiger partial charge in [0.1, 0.15) is 5.84 Å². The molecule has 2 heterocycles. The second kappa shape index (κ2) is 10.2. The quantitative estimate of drug-likeness (QED) is 0.0793. The zero-order chi connectivity index (χ0) is 21.4. The summed E-state index contributed by atoms with van der Waals surface area (Å²) in [5.74, 6) is -2.36. The van der Waals surface area contributed by atoms with Crippen LogP contribution in [0.2, 0.25) is 0 Å². The van der Waals surface area contributed by atoms with Gasteiger partial charge < -0.3 is 32.5 Å². The van der Waals surface area contributed by atoms with E-state index >= 15 is 0 Å². The van der Waals surface area contributed by atoms with Crippen molar-refractivity contribution in [2.24, 2.45) is 11.5 Å². The van der Waals surface area contributed by atoms with Gasteiger partial charge in [-0.2, -0.15) is 0 Å². The van der Waals surface area contributed by atoms with Crippen LogP contribution >= 0.6 is 0 Å². The van der Waals surface area contributed by atoms with Gasteiger partial charge in [0.2, 0.25) is 11.8 Å². The van der Waals surface area contributed by atoms with Crippen molar-refractivity contribution in [2.45, 2.75) is 37.4 Å². The lowest BCUT2D eigenvalue weighted by atomic mass is 10.0. The van der Waals surface area contributed by atoms with Crippen molar-refractivity contribution in [1.82, 2.24) is 36.6 Å². The van der Waals surface area contributed by atoms with Crippen LogP contribution in [0.15, 0.2) is 11.6 Å². The number of aromatic nitrogens is 4. The van der Waals surface area contributed by atoms with Gasteiger partial charge in [-0.3, -0.25) is 15.0 Å². The van der Waals surface area contributed by atoms with Crippen LogP contribution in [-0.2, 0) is 14.4 Å². The number of nitrogens with zero attached hydrogens (tertiary/aromatic N) is 3. The Hall–Kier alpha value is -3.39. The number of amidine groups is 1. The lowest BCUT2D eigenvalue weighted by Crippen LogP contribution is -2.44. The highest BCUT2D eigenvalue weighted by atomic mass is 16.4. The van der Waals surface area contributed by atoms with Crippen molar-refractivity contribution >= 4 is 23.6 Å². The molecule has 0 saturated carbocycles. The Morgan fingerprint density at radius 2 is 2.17 bits per heavy atom. The summed E-state index contributed by atoms with van der Waals surface area (Å²) >= 11 is 0. The highest BCUT2D eigenvalue weighted by molar-refractivity contribution is 5.87. The van der Waals surface area contributed by atoms with Gasteiger partial charge in [-0.15, -0.1) is 5.10 Å². The first-order chi connectivity index (χ1) is 13.8. The maximum absolute atomic E-state index is 12.1. The first-order valence-corrected chi connectivity index (χ1v) is 8.85. The number of H-pyrrole nitrogens is 1. The van der Waals surface area contributed by atoms with Crippen LogP contribution in [0.25, 0.3) is 0 Å². The van der Waals surface area contributed by atoms with Crippen LogP contribution in [-0.4, -0.2) is 74.5 Å². The standard InChI is InChI=1S/C15H24N10O4/c16-8(6-7-3-5-19-10(7)12(17)18)14(27)20-4-1-2-9(26)21-11(15(28)29)13-22-24-25-23-13/h3,8,10-11,19H,1-2,4-6,16H2,(H3,17,18)(H,20,27)(H,21,26)(H,28,29)(H,22,23,24,25). The Balaban J connectivity index is 1.70. The molecule has 1 aliphatic heterocycles. The van der Waals surface area contributed by atoms with Gasteiger partial charge in [-0.1, -0.05) is 6.08 Å². The average Bonchev–Trinajstić information content (AvgIpc) is 3.34. The molecule has 1 aliphatic rings. The summed E-state index contributed by atoms with van der Waals surface area (Å²) in [5, 5.41) is 36.9. The van der Waals surface area contributed by atoms with Gasteiger partial charge in [-0.25, -0.2) is 9.89 Å². The Kier molecular flexibility index (Phi) is 7.73. The summed E-state index contributed by atoms with van der Waals surface area (Å²) in [6.45, 7) is 0.749. The predicted octanol–water partition coefficient (Wildman–Crippen LogP) is -3.11. The zero-order valence-corrected chi connectivity index (χ0v) is 15.5. The number of hydrogen-bond acceptors (Lipinski definition) is 9. The first-order valence-electron chi connectivity index (χ1n) is 8.85. The summed E-state index contributed by atoms with van der Waals surface area (Å²) in [6.07, 6.45) is 2.38. The Labute approximate surface area is 165 Å². The molecule has 0 radical (unpaired) electrons. The van der Waals surface area contributed by atoms with Gasteiger partial charge in [-0.05, 0) is 28.8 Å². The number of hydrogen-bond donors (Lipinski definition) is 8. The topological polar surface area (TPSA) is 238 Å². The smallest absolute Gasteiger partial charge is 0.334 e. The van der Waals surface area contributed by atoms with Gasteiger partial charge in [0, 0.05) is 19.5 Å². The van der Waals surface area contributed by atoms with E-state index < -0.39 is 35.9 Å². The molecule has 29 heavy (non-hydrogen) atoms. The molecule has 2 rings (SSSR count). The van der Waals surface area contributed by atoms with Crippen LogP contribution in [0.5, 0.6) is 0 Å². The number of nitrogens with two attached hydrogens (primary N) is 2. The molecule has 0 fully saturated rings. The van der Waals surface area contributed by atoms with Gasteiger partial charge in [0.25, 0.3) is 0 Å². The molecule has 1 aromatic rings. The molecule has 14 heteroatoms. The minimum absolute atomic E-state index is 0.0116. The van der Waals surface area contributed by atoms with Crippen molar-refractivity contribution in [1.29, 1.82) is 5.41 Å². The molecule has 0 aliphatic carbocycles. The van der Waals surface area contributed by atoms with Crippen LogP contribution < -0.4 is 27.4 Å². The normalized spacial score (nSPS) is 17.8. The molecule has 1 aromatic heterocycles. The molecule has 0 aromatic carbocycles. The summed E-state index contributed by atoms with van der Waals surface area (Å²) in [6, 6.07) is -2.60. The third-order valence-corrected chi connectivity index (χ3v) is 4.23.